The van der Waals surface area contributed by atoms with E-state index in [-0.39, 0.29) is 5.75 Å². The van der Waals surface area contributed by atoms with Crippen molar-refractivity contribution in [1.29, 1.82) is 0 Å². The maximum atomic E-state index is 9.59. The third kappa shape index (κ3) is 2.93. The highest BCUT2D eigenvalue weighted by molar-refractivity contribution is 8.00. The molecule has 0 bridgehead atoms. The number of thioether (sulfide) groups is 1. The van der Waals surface area contributed by atoms with Crippen LogP contribution >= 0.6 is 11.8 Å². The first-order valence-corrected chi connectivity index (χ1v) is 7.38. The maximum Gasteiger partial charge on any atom is 0.160 e. The SMILES string of the molecule is COc1cc(CN2CCS[C@@H](C)[C@H]2C)ccc1O. The predicted octanol–water partition coefficient (Wildman–Crippen LogP) is 2.73. The second-order valence-corrected chi connectivity index (χ2v) is 6.28. The lowest BCUT2D eigenvalue weighted by Crippen LogP contribution is -2.43. The van der Waals surface area contributed by atoms with Gasteiger partial charge in [-0.2, -0.15) is 11.8 Å². The van der Waals surface area contributed by atoms with Gasteiger partial charge in [-0.3, -0.25) is 4.90 Å². The Morgan fingerprint density at radius 2 is 2.22 bits per heavy atom. The van der Waals surface area contributed by atoms with Crippen LogP contribution in [0.4, 0.5) is 0 Å². The van der Waals surface area contributed by atoms with Crippen molar-refractivity contribution >= 4 is 11.8 Å². The molecule has 1 aliphatic rings. The summed E-state index contributed by atoms with van der Waals surface area (Å²) in [6.07, 6.45) is 0. The third-order valence-corrected chi connectivity index (χ3v) is 4.98. The minimum Gasteiger partial charge on any atom is -0.504 e. The van der Waals surface area contributed by atoms with E-state index in [2.05, 4.69) is 18.7 Å². The first-order chi connectivity index (χ1) is 8.61. The number of phenolic OH excluding ortho intramolecular Hbond substituents is 1. The van der Waals surface area contributed by atoms with Crippen molar-refractivity contribution < 1.29 is 9.84 Å². The molecule has 0 radical (unpaired) electrons. The lowest BCUT2D eigenvalue weighted by Gasteiger charge is -2.37. The van der Waals surface area contributed by atoms with Crippen molar-refractivity contribution in [3.05, 3.63) is 23.8 Å². The summed E-state index contributed by atoms with van der Waals surface area (Å²) >= 11 is 2.04. The number of ether oxygens (including phenoxy) is 1. The number of phenols is 1. The van der Waals surface area contributed by atoms with Crippen molar-refractivity contribution in [3.8, 4) is 11.5 Å². The van der Waals surface area contributed by atoms with Gasteiger partial charge in [0, 0.05) is 30.1 Å². The molecule has 0 unspecified atom stereocenters. The fraction of sp³-hybridized carbons (Fsp3) is 0.571. The number of hydrogen-bond acceptors (Lipinski definition) is 4. The third-order valence-electron chi connectivity index (χ3n) is 3.64. The molecule has 3 nitrogen and oxygen atoms in total. The van der Waals surface area contributed by atoms with Gasteiger partial charge >= 0.3 is 0 Å². The smallest absolute Gasteiger partial charge is 0.160 e. The molecule has 1 N–H and O–H groups in total. The summed E-state index contributed by atoms with van der Waals surface area (Å²) in [6.45, 7) is 6.62. The quantitative estimate of drug-likeness (QED) is 0.913. The van der Waals surface area contributed by atoms with Crippen molar-refractivity contribution in [2.24, 2.45) is 0 Å². The highest BCUT2D eigenvalue weighted by Crippen LogP contribution is 2.29. The van der Waals surface area contributed by atoms with Crippen LogP contribution in [-0.4, -0.2) is 40.7 Å². The number of methoxy groups -OCH3 is 1. The van der Waals surface area contributed by atoms with Crippen LogP contribution in [0.3, 0.4) is 0 Å². The maximum absolute atomic E-state index is 9.59. The van der Waals surface area contributed by atoms with Gasteiger partial charge in [-0.25, -0.2) is 0 Å². The van der Waals surface area contributed by atoms with E-state index in [1.165, 1.54) is 11.3 Å². The van der Waals surface area contributed by atoms with E-state index >= 15 is 0 Å². The van der Waals surface area contributed by atoms with Crippen LogP contribution in [0.1, 0.15) is 19.4 Å². The van der Waals surface area contributed by atoms with Crippen molar-refractivity contribution in [2.45, 2.75) is 31.7 Å². The van der Waals surface area contributed by atoms with Crippen LogP contribution in [0.15, 0.2) is 18.2 Å². The minimum absolute atomic E-state index is 0.205. The molecule has 1 aromatic rings. The summed E-state index contributed by atoms with van der Waals surface area (Å²) in [5.41, 5.74) is 1.19. The van der Waals surface area contributed by atoms with E-state index < -0.39 is 0 Å². The number of hydrogen-bond donors (Lipinski definition) is 1. The molecule has 0 spiro atoms. The first-order valence-electron chi connectivity index (χ1n) is 6.33. The predicted molar refractivity (Wildman–Crippen MR) is 76.5 cm³/mol. The van der Waals surface area contributed by atoms with Crippen LogP contribution in [-0.2, 0) is 6.54 Å². The van der Waals surface area contributed by atoms with Gasteiger partial charge < -0.3 is 9.84 Å². The van der Waals surface area contributed by atoms with Crippen LogP contribution in [0.5, 0.6) is 11.5 Å². The van der Waals surface area contributed by atoms with Gasteiger partial charge in [-0.1, -0.05) is 13.0 Å². The average Bonchev–Trinajstić information content (AvgIpc) is 2.37. The van der Waals surface area contributed by atoms with Gasteiger partial charge in [0.2, 0.25) is 0 Å². The lowest BCUT2D eigenvalue weighted by atomic mass is 10.1. The van der Waals surface area contributed by atoms with Crippen LogP contribution in [0, 0.1) is 0 Å². The molecule has 0 aliphatic carbocycles. The monoisotopic (exact) mass is 267 g/mol. The van der Waals surface area contributed by atoms with Gasteiger partial charge in [-0.05, 0) is 24.6 Å². The zero-order valence-electron chi connectivity index (χ0n) is 11.2. The summed E-state index contributed by atoms with van der Waals surface area (Å²) in [5.74, 6) is 1.96. The van der Waals surface area contributed by atoms with E-state index in [1.54, 1.807) is 13.2 Å². The number of rotatable bonds is 3. The molecular weight excluding hydrogens is 246 g/mol. The van der Waals surface area contributed by atoms with Crippen LogP contribution < -0.4 is 4.74 Å². The molecule has 0 aromatic heterocycles. The molecule has 2 rings (SSSR count). The molecule has 100 valence electrons. The Labute approximate surface area is 113 Å². The van der Waals surface area contributed by atoms with Gasteiger partial charge in [0.1, 0.15) is 0 Å². The van der Waals surface area contributed by atoms with Gasteiger partial charge in [0.25, 0.3) is 0 Å². The Balaban J connectivity index is 2.09. The van der Waals surface area contributed by atoms with Gasteiger partial charge in [0.15, 0.2) is 11.5 Å². The molecule has 1 saturated heterocycles. The zero-order chi connectivity index (χ0) is 13.1. The van der Waals surface area contributed by atoms with Crippen molar-refractivity contribution in [2.75, 3.05) is 19.4 Å². The molecule has 1 aliphatic heterocycles. The number of benzene rings is 1. The Morgan fingerprint density at radius 3 is 2.94 bits per heavy atom. The van der Waals surface area contributed by atoms with E-state index in [1.807, 2.05) is 23.9 Å². The van der Waals surface area contributed by atoms with Gasteiger partial charge in [-0.15, -0.1) is 0 Å². The second kappa shape index (κ2) is 5.85. The summed E-state index contributed by atoms with van der Waals surface area (Å²) in [4.78, 5) is 2.49. The summed E-state index contributed by atoms with van der Waals surface area (Å²) < 4.78 is 5.15. The molecule has 0 saturated carbocycles. The summed E-state index contributed by atoms with van der Waals surface area (Å²) in [5, 5.41) is 10.3. The number of nitrogens with zero attached hydrogens (tertiary/aromatic N) is 1. The standard InChI is InChI=1S/C14H21NO2S/c1-10-11(2)18-7-6-15(10)9-12-4-5-13(16)14(8-12)17-3/h4-5,8,10-11,16H,6-7,9H2,1-3H3/t10-,11+/m1/s1. The molecular formula is C14H21NO2S. The normalized spacial score (nSPS) is 25.1. The summed E-state index contributed by atoms with van der Waals surface area (Å²) in [6, 6.07) is 6.19. The minimum atomic E-state index is 0.205. The van der Waals surface area contributed by atoms with Crippen molar-refractivity contribution in [3.63, 3.8) is 0 Å². The van der Waals surface area contributed by atoms with Crippen LogP contribution in [0.2, 0.25) is 0 Å². The molecule has 0 amide bonds. The fourth-order valence-electron chi connectivity index (χ4n) is 2.27. The molecule has 1 heterocycles. The first kappa shape index (κ1) is 13.6. The Bertz CT molecular complexity index is 411. The zero-order valence-corrected chi connectivity index (χ0v) is 12.0. The molecule has 4 heteroatoms. The topological polar surface area (TPSA) is 32.7 Å². The Hall–Kier alpha value is -0.870. The highest BCUT2D eigenvalue weighted by atomic mass is 32.2. The highest BCUT2D eigenvalue weighted by Gasteiger charge is 2.25. The van der Waals surface area contributed by atoms with E-state index in [0.29, 0.717) is 17.0 Å². The Kier molecular flexibility index (Phi) is 4.40. The average molecular weight is 267 g/mol. The Morgan fingerprint density at radius 1 is 1.44 bits per heavy atom. The summed E-state index contributed by atoms with van der Waals surface area (Å²) in [7, 11) is 1.58. The van der Waals surface area contributed by atoms with E-state index in [4.69, 9.17) is 4.74 Å². The number of aromatic hydroxyl groups is 1. The molecule has 1 aromatic carbocycles. The van der Waals surface area contributed by atoms with Crippen molar-refractivity contribution in [1.82, 2.24) is 4.90 Å². The van der Waals surface area contributed by atoms with Gasteiger partial charge in [0.05, 0.1) is 7.11 Å². The molecule has 18 heavy (non-hydrogen) atoms. The van der Waals surface area contributed by atoms with E-state index in [9.17, 15) is 5.11 Å². The van der Waals surface area contributed by atoms with E-state index in [0.717, 1.165) is 13.1 Å². The second-order valence-electron chi connectivity index (χ2n) is 4.79. The van der Waals surface area contributed by atoms with Crippen LogP contribution in [0.25, 0.3) is 0 Å². The molecule has 1 fully saturated rings. The largest absolute Gasteiger partial charge is 0.504 e. The fourth-order valence-corrected chi connectivity index (χ4v) is 3.44. The lowest BCUT2D eigenvalue weighted by molar-refractivity contribution is 0.204. The molecule has 2 atom stereocenters.